The number of aryl methyl sites for hydroxylation is 1. The first-order chi connectivity index (χ1) is 9.04. The van der Waals surface area contributed by atoms with Crippen molar-refractivity contribution in [3.8, 4) is 0 Å². The average molecular weight is 261 g/mol. The SMILES string of the molecule is CNc1cc(C)ncc1C(=O)NC1(C)CCCCC1. The largest absolute Gasteiger partial charge is 0.387 e. The summed E-state index contributed by atoms with van der Waals surface area (Å²) < 4.78 is 0. The van der Waals surface area contributed by atoms with Gasteiger partial charge in [0.2, 0.25) is 0 Å². The molecule has 0 saturated heterocycles. The predicted octanol–water partition coefficient (Wildman–Crippen LogP) is 2.88. The molecule has 0 aromatic carbocycles. The summed E-state index contributed by atoms with van der Waals surface area (Å²) in [6.45, 7) is 4.07. The summed E-state index contributed by atoms with van der Waals surface area (Å²) >= 11 is 0. The number of hydrogen-bond donors (Lipinski definition) is 2. The normalized spacial score (nSPS) is 17.8. The zero-order chi connectivity index (χ0) is 13.9. The smallest absolute Gasteiger partial charge is 0.255 e. The Labute approximate surface area is 115 Å². The van der Waals surface area contributed by atoms with Gasteiger partial charge < -0.3 is 10.6 Å². The third-order valence-corrected chi connectivity index (χ3v) is 3.93. The molecule has 1 heterocycles. The molecule has 104 valence electrons. The maximum absolute atomic E-state index is 12.4. The van der Waals surface area contributed by atoms with Gasteiger partial charge in [0, 0.05) is 24.5 Å². The first-order valence-electron chi connectivity index (χ1n) is 7.01. The molecule has 1 amide bonds. The zero-order valence-electron chi connectivity index (χ0n) is 12.0. The Morgan fingerprint density at radius 3 is 2.63 bits per heavy atom. The number of rotatable bonds is 3. The number of amides is 1. The molecule has 4 heteroatoms. The molecule has 1 aliphatic carbocycles. The molecule has 0 spiro atoms. The fourth-order valence-corrected chi connectivity index (χ4v) is 2.75. The molecule has 1 aromatic rings. The van der Waals surface area contributed by atoms with Crippen molar-refractivity contribution in [2.75, 3.05) is 12.4 Å². The summed E-state index contributed by atoms with van der Waals surface area (Å²) in [6, 6.07) is 1.90. The molecule has 19 heavy (non-hydrogen) atoms. The summed E-state index contributed by atoms with van der Waals surface area (Å²) in [5, 5.41) is 6.25. The average Bonchev–Trinajstić information content (AvgIpc) is 2.38. The van der Waals surface area contributed by atoms with Crippen LogP contribution < -0.4 is 10.6 Å². The minimum absolute atomic E-state index is 0.0266. The number of carbonyl (C=O) groups is 1. The van der Waals surface area contributed by atoms with Crippen LogP contribution in [0.2, 0.25) is 0 Å². The predicted molar refractivity (Wildman–Crippen MR) is 77.5 cm³/mol. The topological polar surface area (TPSA) is 54.0 Å². The molecule has 1 saturated carbocycles. The monoisotopic (exact) mass is 261 g/mol. The van der Waals surface area contributed by atoms with E-state index < -0.39 is 0 Å². The van der Waals surface area contributed by atoms with Crippen LogP contribution in [0, 0.1) is 6.92 Å². The maximum Gasteiger partial charge on any atom is 0.255 e. The summed E-state index contributed by atoms with van der Waals surface area (Å²) in [5.41, 5.74) is 2.31. The van der Waals surface area contributed by atoms with Gasteiger partial charge in [-0.15, -0.1) is 0 Å². The van der Waals surface area contributed by atoms with Gasteiger partial charge in [-0.25, -0.2) is 0 Å². The summed E-state index contributed by atoms with van der Waals surface area (Å²) in [6.07, 6.45) is 7.45. The van der Waals surface area contributed by atoms with Crippen molar-refractivity contribution in [1.82, 2.24) is 10.3 Å². The molecule has 0 bridgehead atoms. The van der Waals surface area contributed by atoms with Crippen molar-refractivity contribution in [3.63, 3.8) is 0 Å². The maximum atomic E-state index is 12.4. The molecule has 0 radical (unpaired) electrons. The summed E-state index contributed by atoms with van der Waals surface area (Å²) in [5.74, 6) is -0.0266. The van der Waals surface area contributed by atoms with Gasteiger partial charge >= 0.3 is 0 Å². The van der Waals surface area contributed by atoms with Crippen LogP contribution >= 0.6 is 0 Å². The van der Waals surface area contributed by atoms with Crippen LogP contribution in [0.1, 0.15) is 55.1 Å². The highest BCUT2D eigenvalue weighted by Gasteiger charge is 2.29. The first kappa shape index (κ1) is 13.8. The minimum Gasteiger partial charge on any atom is -0.387 e. The second-order valence-corrected chi connectivity index (χ2v) is 5.70. The van der Waals surface area contributed by atoms with E-state index in [4.69, 9.17) is 0 Å². The molecule has 0 atom stereocenters. The van der Waals surface area contributed by atoms with E-state index in [1.165, 1.54) is 19.3 Å². The van der Waals surface area contributed by atoms with Gasteiger partial charge in [0.05, 0.1) is 11.3 Å². The van der Waals surface area contributed by atoms with Crippen LogP contribution in [0.4, 0.5) is 5.69 Å². The van der Waals surface area contributed by atoms with Crippen LogP contribution in [-0.4, -0.2) is 23.5 Å². The number of nitrogens with one attached hydrogen (secondary N) is 2. The molecule has 2 rings (SSSR count). The van der Waals surface area contributed by atoms with Gasteiger partial charge in [0.1, 0.15) is 0 Å². The lowest BCUT2D eigenvalue weighted by atomic mass is 9.83. The molecule has 1 fully saturated rings. The molecule has 0 aliphatic heterocycles. The Kier molecular flexibility index (Phi) is 4.08. The van der Waals surface area contributed by atoms with Gasteiger partial charge in [-0.05, 0) is 32.8 Å². The zero-order valence-corrected chi connectivity index (χ0v) is 12.0. The minimum atomic E-state index is -0.0643. The van der Waals surface area contributed by atoms with E-state index in [1.807, 2.05) is 20.0 Å². The van der Waals surface area contributed by atoms with Crippen LogP contribution in [0.25, 0.3) is 0 Å². The molecular weight excluding hydrogens is 238 g/mol. The van der Waals surface area contributed by atoms with Crippen LogP contribution in [0.3, 0.4) is 0 Å². The number of hydrogen-bond acceptors (Lipinski definition) is 3. The highest BCUT2D eigenvalue weighted by Crippen LogP contribution is 2.28. The van der Waals surface area contributed by atoms with Crippen molar-refractivity contribution in [3.05, 3.63) is 23.5 Å². The van der Waals surface area contributed by atoms with E-state index in [1.54, 1.807) is 6.20 Å². The third kappa shape index (κ3) is 3.25. The lowest BCUT2D eigenvalue weighted by Crippen LogP contribution is -2.47. The lowest BCUT2D eigenvalue weighted by Gasteiger charge is -2.34. The highest BCUT2D eigenvalue weighted by atomic mass is 16.1. The molecule has 2 N–H and O–H groups in total. The van der Waals surface area contributed by atoms with Crippen molar-refractivity contribution in [2.24, 2.45) is 0 Å². The fourth-order valence-electron chi connectivity index (χ4n) is 2.75. The van der Waals surface area contributed by atoms with E-state index in [2.05, 4.69) is 22.5 Å². The number of aromatic nitrogens is 1. The van der Waals surface area contributed by atoms with Gasteiger partial charge in [0.15, 0.2) is 0 Å². The molecule has 1 aliphatic rings. The van der Waals surface area contributed by atoms with E-state index >= 15 is 0 Å². The summed E-state index contributed by atoms with van der Waals surface area (Å²) in [7, 11) is 1.83. The third-order valence-electron chi connectivity index (χ3n) is 3.93. The van der Waals surface area contributed by atoms with Gasteiger partial charge in [-0.2, -0.15) is 0 Å². The number of pyridine rings is 1. The van der Waals surface area contributed by atoms with Crippen LogP contribution in [0.15, 0.2) is 12.3 Å². The van der Waals surface area contributed by atoms with Crippen molar-refractivity contribution >= 4 is 11.6 Å². The standard InChI is InChI=1S/C15H23N3O/c1-11-9-13(16-3)12(10-17-11)14(19)18-15(2)7-5-4-6-8-15/h9-10H,4-8H2,1-3H3,(H,16,17)(H,18,19). The van der Waals surface area contributed by atoms with Gasteiger partial charge in [-0.1, -0.05) is 19.3 Å². The molecular formula is C15H23N3O. The van der Waals surface area contributed by atoms with Crippen molar-refractivity contribution in [1.29, 1.82) is 0 Å². The first-order valence-corrected chi connectivity index (χ1v) is 7.01. The fraction of sp³-hybridized carbons (Fsp3) is 0.600. The van der Waals surface area contributed by atoms with Gasteiger partial charge in [-0.3, -0.25) is 9.78 Å². The van der Waals surface area contributed by atoms with Crippen molar-refractivity contribution in [2.45, 2.75) is 51.5 Å². The highest BCUT2D eigenvalue weighted by molar-refractivity contribution is 5.99. The van der Waals surface area contributed by atoms with Crippen LogP contribution in [0.5, 0.6) is 0 Å². The molecule has 4 nitrogen and oxygen atoms in total. The Bertz CT molecular complexity index is 464. The second-order valence-electron chi connectivity index (χ2n) is 5.70. The molecule has 0 unspecified atom stereocenters. The van der Waals surface area contributed by atoms with E-state index in [0.29, 0.717) is 5.56 Å². The summed E-state index contributed by atoms with van der Waals surface area (Å²) in [4.78, 5) is 16.6. The Hall–Kier alpha value is -1.58. The Morgan fingerprint density at radius 1 is 1.32 bits per heavy atom. The van der Waals surface area contributed by atoms with E-state index in [9.17, 15) is 4.79 Å². The number of anilines is 1. The molecule has 1 aromatic heterocycles. The quantitative estimate of drug-likeness (QED) is 0.879. The van der Waals surface area contributed by atoms with E-state index in [-0.39, 0.29) is 11.4 Å². The van der Waals surface area contributed by atoms with E-state index in [0.717, 1.165) is 24.2 Å². The van der Waals surface area contributed by atoms with Gasteiger partial charge in [0.25, 0.3) is 5.91 Å². The number of carbonyl (C=O) groups excluding carboxylic acids is 1. The Balaban J connectivity index is 2.15. The Morgan fingerprint density at radius 2 is 2.00 bits per heavy atom. The van der Waals surface area contributed by atoms with Crippen LogP contribution in [-0.2, 0) is 0 Å². The van der Waals surface area contributed by atoms with Crippen molar-refractivity contribution < 1.29 is 4.79 Å². The number of nitrogens with zero attached hydrogens (tertiary/aromatic N) is 1. The lowest BCUT2D eigenvalue weighted by molar-refractivity contribution is 0.0883. The second kappa shape index (κ2) is 5.59.